The number of benzene rings is 2. The number of nitrogens with two attached hydrogens (primary N) is 1. The lowest BCUT2D eigenvalue weighted by atomic mass is 10.1. The van der Waals surface area contributed by atoms with E-state index in [2.05, 4.69) is 5.32 Å². The molecule has 0 aromatic heterocycles. The minimum atomic E-state index is -0.589. The largest absolute Gasteiger partial charge is 0.484 e. The highest BCUT2D eigenvalue weighted by Crippen LogP contribution is 2.22. The van der Waals surface area contributed by atoms with E-state index in [1.54, 1.807) is 24.3 Å². The maximum atomic E-state index is 12.3. The monoisotopic (exact) mass is 329 g/mol. The molecule has 0 unspecified atom stereocenters. The molecule has 3 N–H and O–H groups in total. The Kier molecular flexibility index (Phi) is 5.10. The summed E-state index contributed by atoms with van der Waals surface area (Å²) in [6, 6.07) is 10.6. The average Bonchev–Trinajstić information content (AvgIpc) is 2.54. The third kappa shape index (κ3) is 4.07. The molecule has 0 aliphatic rings. The van der Waals surface area contributed by atoms with Crippen LogP contribution in [0.1, 0.15) is 15.9 Å². The van der Waals surface area contributed by atoms with E-state index < -0.39 is 16.7 Å². The van der Waals surface area contributed by atoms with E-state index in [-0.39, 0.29) is 17.9 Å². The van der Waals surface area contributed by atoms with Gasteiger partial charge in [0, 0.05) is 22.9 Å². The van der Waals surface area contributed by atoms with Crippen LogP contribution in [0.3, 0.4) is 0 Å². The van der Waals surface area contributed by atoms with Gasteiger partial charge in [0.2, 0.25) is 0 Å². The van der Waals surface area contributed by atoms with E-state index in [9.17, 15) is 19.7 Å². The van der Waals surface area contributed by atoms with Crippen LogP contribution in [0.4, 0.5) is 11.4 Å². The number of primary amides is 1. The first-order valence-corrected chi connectivity index (χ1v) is 6.95. The van der Waals surface area contributed by atoms with Crippen molar-refractivity contribution in [1.29, 1.82) is 0 Å². The van der Waals surface area contributed by atoms with Gasteiger partial charge in [0.1, 0.15) is 5.75 Å². The molecule has 24 heavy (non-hydrogen) atoms. The Labute approximate surface area is 137 Å². The fourth-order valence-corrected chi connectivity index (χ4v) is 2.05. The van der Waals surface area contributed by atoms with Crippen molar-refractivity contribution in [3.05, 3.63) is 63.7 Å². The summed E-state index contributed by atoms with van der Waals surface area (Å²) >= 11 is 0. The molecule has 0 spiro atoms. The summed E-state index contributed by atoms with van der Waals surface area (Å²) in [5, 5.41) is 13.6. The first-order chi connectivity index (χ1) is 11.4. The molecular weight excluding hydrogens is 314 g/mol. The third-order valence-corrected chi connectivity index (χ3v) is 3.24. The van der Waals surface area contributed by atoms with E-state index in [1.807, 2.05) is 0 Å². The summed E-state index contributed by atoms with van der Waals surface area (Å²) in [7, 11) is 0. The van der Waals surface area contributed by atoms with Crippen molar-refractivity contribution < 1.29 is 19.2 Å². The van der Waals surface area contributed by atoms with Crippen LogP contribution in [-0.2, 0) is 4.79 Å². The summed E-state index contributed by atoms with van der Waals surface area (Å²) in [4.78, 5) is 33.3. The number of nitro groups is 1. The van der Waals surface area contributed by atoms with Crippen molar-refractivity contribution in [2.24, 2.45) is 5.73 Å². The van der Waals surface area contributed by atoms with Crippen molar-refractivity contribution in [1.82, 2.24) is 0 Å². The first-order valence-electron chi connectivity index (χ1n) is 6.95. The highest BCUT2D eigenvalue weighted by atomic mass is 16.6. The Morgan fingerprint density at radius 3 is 2.46 bits per heavy atom. The van der Waals surface area contributed by atoms with Gasteiger partial charge in [0.15, 0.2) is 6.61 Å². The summed E-state index contributed by atoms with van der Waals surface area (Å²) < 4.78 is 5.11. The summed E-state index contributed by atoms with van der Waals surface area (Å²) in [6.45, 7) is 1.28. The molecule has 0 bridgehead atoms. The van der Waals surface area contributed by atoms with Gasteiger partial charge < -0.3 is 15.8 Å². The number of nitro benzene ring substituents is 1. The molecule has 2 rings (SSSR count). The standard InChI is InChI=1S/C16H15N3O5/c1-10-13(3-2-4-14(10)19(22)23)16(21)18-11-5-7-12(8-6-11)24-9-15(17)20/h2-8H,9H2,1H3,(H2,17,20)(H,18,21). The molecule has 0 aliphatic heterocycles. The minimum Gasteiger partial charge on any atom is -0.484 e. The quantitative estimate of drug-likeness (QED) is 0.619. The number of nitrogens with one attached hydrogen (secondary N) is 1. The molecule has 2 amide bonds. The van der Waals surface area contributed by atoms with Gasteiger partial charge in [-0.05, 0) is 37.3 Å². The summed E-state index contributed by atoms with van der Waals surface area (Å²) in [6.07, 6.45) is 0. The lowest BCUT2D eigenvalue weighted by molar-refractivity contribution is -0.385. The van der Waals surface area contributed by atoms with Gasteiger partial charge in [0.05, 0.1) is 4.92 Å². The van der Waals surface area contributed by atoms with Crippen LogP contribution in [-0.4, -0.2) is 23.3 Å². The Bertz CT molecular complexity index is 787. The van der Waals surface area contributed by atoms with Crippen LogP contribution >= 0.6 is 0 Å². The minimum absolute atomic E-state index is 0.113. The Hall–Kier alpha value is -3.42. The second kappa shape index (κ2) is 7.23. The second-order valence-electron chi connectivity index (χ2n) is 4.94. The van der Waals surface area contributed by atoms with Crippen molar-refractivity contribution >= 4 is 23.2 Å². The molecule has 0 saturated carbocycles. The molecule has 124 valence electrons. The Morgan fingerprint density at radius 1 is 1.21 bits per heavy atom. The van der Waals surface area contributed by atoms with E-state index in [4.69, 9.17) is 10.5 Å². The van der Waals surface area contributed by atoms with E-state index in [0.29, 0.717) is 17.0 Å². The Morgan fingerprint density at radius 2 is 1.88 bits per heavy atom. The van der Waals surface area contributed by atoms with Crippen LogP contribution in [0.25, 0.3) is 0 Å². The molecule has 0 heterocycles. The molecule has 0 saturated heterocycles. The van der Waals surface area contributed by atoms with Crippen LogP contribution < -0.4 is 15.8 Å². The van der Waals surface area contributed by atoms with E-state index >= 15 is 0 Å². The number of carbonyl (C=O) groups excluding carboxylic acids is 2. The highest BCUT2D eigenvalue weighted by Gasteiger charge is 2.17. The number of ether oxygens (including phenoxy) is 1. The lowest BCUT2D eigenvalue weighted by Crippen LogP contribution is -2.20. The fraction of sp³-hybridized carbons (Fsp3) is 0.125. The number of rotatable bonds is 6. The summed E-state index contributed by atoms with van der Waals surface area (Å²) in [5.74, 6) is -0.617. The molecule has 0 aliphatic carbocycles. The molecule has 8 heteroatoms. The number of hydrogen-bond donors (Lipinski definition) is 2. The molecule has 0 atom stereocenters. The van der Waals surface area contributed by atoms with Crippen LogP contribution in [0.5, 0.6) is 5.75 Å². The predicted molar refractivity (Wildman–Crippen MR) is 86.9 cm³/mol. The van der Waals surface area contributed by atoms with Crippen LogP contribution in [0.15, 0.2) is 42.5 Å². The van der Waals surface area contributed by atoms with Gasteiger partial charge in [-0.25, -0.2) is 0 Å². The maximum Gasteiger partial charge on any atom is 0.273 e. The smallest absolute Gasteiger partial charge is 0.273 e. The van der Waals surface area contributed by atoms with Crippen molar-refractivity contribution in [3.8, 4) is 5.75 Å². The molecule has 0 radical (unpaired) electrons. The van der Waals surface area contributed by atoms with Gasteiger partial charge in [-0.15, -0.1) is 0 Å². The van der Waals surface area contributed by atoms with E-state index in [0.717, 1.165) is 0 Å². The van der Waals surface area contributed by atoms with E-state index in [1.165, 1.54) is 25.1 Å². The van der Waals surface area contributed by atoms with Crippen molar-refractivity contribution in [2.75, 3.05) is 11.9 Å². The molecule has 2 aromatic carbocycles. The number of amides is 2. The second-order valence-corrected chi connectivity index (χ2v) is 4.94. The lowest BCUT2D eigenvalue weighted by Gasteiger charge is -2.09. The summed E-state index contributed by atoms with van der Waals surface area (Å²) in [5.41, 5.74) is 5.86. The average molecular weight is 329 g/mol. The SMILES string of the molecule is Cc1c(C(=O)Nc2ccc(OCC(N)=O)cc2)cccc1[N+](=O)[O-]. The zero-order valence-electron chi connectivity index (χ0n) is 12.8. The zero-order chi connectivity index (χ0) is 17.7. The molecule has 8 nitrogen and oxygen atoms in total. The molecular formula is C16H15N3O5. The topological polar surface area (TPSA) is 125 Å². The number of hydrogen-bond acceptors (Lipinski definition) is 5. The fourth-order valence-electron chi connectivity index (χ4n) is 2.05. The number of nitrogens with zero attached hydrogens (tertiary/aromatic N) is 1. The highest BCUT2D eigenvalue weighted by molar-refractivity contribution is 6.05. The maximum absolute atomic E-state index is 12.3. The van der Waals surface area contributed by atoms with Gasteiger partial charge in [0.25, 0.3) is 17.5 Å². The normalized spacial score (nSPS) is 10.0. The predicted octanol–water partition coefficient (Wildman–Crippen LogP) is 2.02. The third-order valence-electron chi connectivity index (χ3n) is 3.24. The van der Waals surface area contributed by atoms with Gasteiger partial charge in [-0.3, -0.25) is 19.7 Å². The van der Waals surface area contributed by atoms with Crippen LogP contribution in [0.2, 0.25) is 0 Å². The Balaban J connectivity index is 2.11. The first kappa shape index (κ1) is 16.9. The van der Waals surface area contributed by atoms with Crippen LogP contribution in [0, 0.1) is 17.0 Å². The van der Waals surface area contributed by atoms with Gasteiger partial charge in [-0.2, -0.15) is 0 Å². The number of carbonyl (C=O) groups is 2. The number of anilines is 1. The van der Waals surface area contributed by atoms with Crippen molar-refractivity contribution in [3.63, 3.8) is 0 Å². The van der Waals surface area contributed by atoms with Gasteiger partial charge in [-0.1, -0.05) is 6.07 Å². The van der Waals surface area contributed by atoms with Crippen molar-refractivity contribution in [2.45, 2.75) is 6.92 Å². The molecule has 2 aromatic rings. The zero-order valence-corrected chi connectivity index (χ0v) is 12.8. The van der Waals surface area contributed by atoms with Gasteiger partial charge >= 0.3 is 0 Å². The molecule has 0 fully saturated rings.